The smallest absolute Gasteiger partial charge is 0.329 e. The minimum Gasteiger partial charge on any atom is -0.472 e. The molecule has 3 heterocycles. The molecule has 0 bridgehead atoms. The highest BCUT2D eigenvalue weighted by Gasteiger charge is 2.40. The van der Waals surface area contributed by atoms with Gasteiger partial charge in [-0.1, -0.05) is 121 Å². The number of carbonyl (C=O) groups excluding carboxylic acids is 10. The van der Waals surface area contributed by atoms with Crippen LogP contribution in [0.25, 0.3) is 0 Å². The van der Waals surface area contributed by atoms with Crippen LogP contribution in [0.15, 0.2) is 144 Å². The second-order valence-corrected chi connectivity index (χ2v) is 25.4. The Bertz CT molecular complexity index is 4060. The van der Waals surface area contributed by atoms with E-state index in [0.717, 1.165) is 83.9 Å². The number of cyclic esters (lactones) is 2. The monoisotopic (exact) mass is 1460 g/mol. The number of alkyl halides is 1. The van der Waals surface area contributed by atoms with Crippen LogP contribution in [0.4, 0.5) is 28.4 Å². The van der Waals surface area contributed by atoms with Gasteiger partial charge in [0, 0.05) is 27.1 Å². The highest BCUT2D eigenvalue weighted by Crippen LogP contribution is 2.34. The lowest BCUT2D eigenvalue weighted by Crippen LogP contribution is -2.46. The maximum absolute atomic E-state index is 13.0. The van der Waals surface area contributed by atoms with E-state index in [1.54, 1.807) is 31.7 Å². The Morgan fingerprint density at radius 3 is 1.06 bits per heavy atom. The summed E-state index contributed by atoms with van der Waals surface area (Å²) in [7, 11) is 6.87. The number of anilines is 5. The van der Waals surface area contributed by atoms with E-state index in [-0.39, 0.29) is 67.0 Å². The molecule has 5 atom stereocenters. The average Bonchev–Trinajstić information content (AvgIpc) is 1.81. The molecule has 0 saturated carbocycles. The van der Waals surface area contributed by atoms with Gasteiger partial charge < -0.3 is 37.6 Å². The van der Waals surface area contributed by atoms with Crippen molar-refractivity contribution in [2.24, 2.45) is 0 Å². The lowest BCUT2D eigenvalue weighted by Gasteiger charge is -2.30. The number of amides is 5. The molecule has 562 valence electrons. The number of nitrogens with zero attached hydrogens (tertiary/aromatic N) is 5. The first-order valence-corrected chi connectivity index (χ1v) is 34.6. The quantitative estimate of drug-likeness (QED) is 0.0367. The van der Waals surface area contributed by atoms with Crippen LogP contribution < -0.4 is 24.5 Å². The number of para-hydroxylation sites is 5. The molecule has 7 aromatic rings. The summed E-state index contributed by atoms with van der Waals surface area (Å²) in [6.07, 6.45) is 4.05. The molecule has 24 heteroatoms. The van der Waals surface area contributed by atoms with Gasteiger partial charge >= 0.3 is 29.8 Å². The van der Waals surface area contributed by atoms with Crippen LogP contribution in [-0.2, 0) is 82.7 Å². The third-order valence-corrected chi connectivity index (χ3v) is 17.8. The molecule has 105 heavy (non-hydrogen) atoms. The number of hydrogen-bond acceptors (Lipinski definition) is 18. The summed E-state index contributed by atoms with van der Waals surface area (Å²) in [5.74, 6) is -3.44. The molecule has 9 rings (SSSR count). The largest absolute Gasteiger partial charge is 0.472 e. The Balaban J connectivity index is 0.000000236. The van der Waals surface area contributed by atoms with Crippen LogP contribution in [-0.4, -0.2) is 157 Å². The van der Waals surface area contributed by atoms with Crippen molar-refractivity contribution < 1.29 is 85.5 Å². The molecule has 0 aliphatic carbocycles. The Morgan fingerprint density at radius 1 is 0.419 bits per heavy atom. The summed E-state index contributed by atoms with van der Waals surface area (Å²) in [4.78, 5) is 130. The van der Waals surface area contributed by atoms with Crippen molar-refractivity contribution >= 4 is 99.4 Å². The molecule has 2 fully saturated rings. The molecule has 2 aliphatic rings. The number of carbonyl (C=O) groups is 10. The molecule has 2 saturated heterocycles. The summed E-state index contributed by atoms with van der Waals surface area (Å²) >= 11 is 5.68. The molecule has 5 amide bonds. The highest BCUT2D eigenvalue weighted by atomic mass is 35.5. The predicted octanol–water partition coefficient (Wildman–Crippen LogP) is 12.2. The van der Waals surface area contributed by atoms with Gasteiger partial charge in [-0.3, -0.25) is 48.5 Å². The van der Waals surface area contributed by atoms with Crippen LogP contribution in [0.1, 0.15) is 105 Å². The fourth-order valence-electron chi connectivity index (χ4n) is 12.5. The van der Waals surface area contributed by atoms with E-state index in [4.69, 9.17) is 49.2 Å². The number of methoxy groups -OCH3 is 5. The number of ether oxygens (including phenoxy) is 7. The molecular weight excluding hydrogens is 1370 g/mol. The molecule has 1 aromatic heterocycles. The van der Waals surface area contributed by atoms with Gasteiger partial charge in [-0.2, -0.15) is 0 Å². The third kappa shape index (κ3) is 22.0. The van der Waals surface area contributed by atoms with E-state index in [2.05, 4.69) is 0 Å². The summed E-state index contributed by atoms with van der Waals surface area (Å²) in [6, 6.07) is 36.6. The van der Waals surface area contributed by atoms with Crippen molar-refractivity contribution in [1.29, 1.82) is 0 Å². The topological polar surface area (TPSA) is 265 Å². The molecule has 5 unspecified atom stereocenters. The van der Waals surface area contributed by atoms with Crippen LogP contribution in [0.3, 0.4) is 0 Å². The zero-order valence-electron chi connectivity index (χ0n) is 63.3. The zero-order chi connectivity index (χ0) is 77.9. The Labute approximate surface area is 620 Å². The number of rotatable bonds is 21. The van der Waals surface area contributed by atoms with E-state index in [1.165, 1.54) is 67.7 Å². The molecular formula is C81H98ClN5O18. The van der Waals surface area contributed by atoms with E-state index in [1.807, 2.05) is 191 Å². The number of furan rings is 1. The summed E-state index contributed by atoms with van der Waals surface area (Å²) in [5, 5.41) is 0. The normalized spacial score (nSPS) is 14.1. The maximum atomic E-state index is 13.0. The Hall–Kier alpha value is -10.5. The van der Waals surface area contributed by atoms with Crippen molar-refractivity contribution in [2.75, 3.05) is 92.4 Å². The van der Waals surface area contributed by atoms with Crippen LogP contribution >= 0.6 is 11.6 Å². The van der Waals surface area contributed by atoms with Gasteiger partial charge in [-0.15, -0.1) is 11.6 Å². The summed E-state index contributed by atoms with van der Waals surface area (Å²) < 4.78 is 39.2. The maximum Gasteiger partial charge on any atom is 0.329 e. The van der Waals surface area contributed by atoms with Gasteiger partial charge in [-0.05, 0) is 157 Å². The first-order chi connectivity index (χ1) is 50.0. The highest BCUT2D eigenvalue weighted by molar-refractivity contribution is 6.30. The second-order valence-electron chi connectivity index (χ2n) is 25.1. The summed E-state index contributed by atoms with van der Waals surface area (Å²) in [5.41, 5.74) is 14.4. The van der Waals surface area contributed by atoms with Gasteiger partial charge in [0.15, 0.2) is 0 Å². The van der Waals surface area contributed by atoms with Crippen molar-refractivity contribution in [3.63, 3.8) is 0 Å². The number of halogens is 1. The Kier molecular flexibility index (Phi) is 33.3. The second kappa shape index (κ2) is 41.1. The molecule has 0 radical (unpaired) electrons. The van der Waals surface area contributed by atoms with Crippen LogP contribution in [0, 0.1) is 69.2 Å². The van der Waals surface area contributed by atoms with Crippen molar-refractivity contribution in [2.45, 2.75) is 139 Å². The first kappa shape index (κ1) is 85.2. The minimum absolute atomic E-state index is 0.0580. The van der Waals surface area contributed by atoms with Crippen LogP contribution in [0.5, 0.6) is 0 Å². The third-order valence-electron chi connectivity index (χ3n) is 17.5. The lowest BCUT2D eigenvalue weighted by atomic mass is 10.0. The Morgan fingerprint density at radius 2 is 0.743 bits per heavy atom. The van der Waals surface area contributed by atoms with E-state index in [9.17, 15) is 47.9 Å². The van der Waals surface area contributed by atoms with Crippen molar-refractivity contribution in [3.05, 3.63) is 207 Å². The van der Waals surface area contributed by atoms with E-state index >= 15 is 0 Å². The molecule has 23 nitrogen and oxygen atoms in total. The average molecular weight is 1470 g/mol. The summed E-state index contributed by atoms with van der Waals surface area (Å²) in [6.45, 7) is 24.7. The number of benzene rings is 6. The predicted molar refractivity (Wildman–Crippen MR) is 403 cm³/mol. The standard InChI is InChI=1S/C20H23NO3.C17H19NO4.C15H19NO4.C15H21NO4.C14H16ClNO3/c1-14-9-8-10-15(2)19(14)21(16(3)20(23)24-4)18(22)13-17-11-6-5-7-12-17;1-11-6-5-7-12(2)15(11)18(13(3)17(20)21-4)16(19)14-8-9-22-10-14;1-10-5-4-6-11(2)14(10)16(13(17)9-19-3)12-7-8-20-15(12)18;1-10-7-6-8-11(2)14(10)16(13(17)9-19-4)12(3)15(18)20-5;1-9-4-3-5-10(2)13(9)16(12(17)8-15)11-6-7-19-14(11)18/h5-12,16H,13H2,1-4H3;5-10,13H,1-4H3;4-6,12H,7-9H2,1-3H3;6-8,12H,9H2,1-5H3;3-5,11H,6-8H2,1-2H3. The molecule has 0 spiro atoms. The number of aryl methyl sites for hydroxylation is 10. The fourth-order valence-corrected chi connectivity index (χ4v) is 12.6. The van der Waals surface area contributed by atoms with Gasteiger partial charge in [0.05, 0.1) is 81.2 Å². The molecule has 0 N–H and O–H groups in total. The number of hydrogen-bond donors (Lipinski definition) is 0. The zero-order valence-corrected chi connectivity index (χ0v) is 64.0. The SMILES string of the molecule is COC(=O)C(C)N(C(=O)Cc1ccccc1)c1c(C)cccc1C.COC(=O)C(C)N(C(=O)c1ccoc1)c1c(C)cccc1C.COCC(=O)N(c1c(C)cccc1C)C(C)C(=O)OC.COCC(=O)N(c1c(C)cccc1C)C1CCOC1=O.Cc1cccc(C)c1N(C(=O)CCl)C1CCOC1=O. The van der Waals surface area contributed by atoms with E-state index < -0.39 is 48.1 Å². The van der Waals surface area contributed by atoms with Gasteiger partial charge in [0.2, 0.25) is 11.8 Å². The fraction of sp³-hybridized carbons (Fsp3) is 0.383. The van der Waals surface area contributed by atoms with Gasteiger partial charge in [0.25, 0.3) is 17.7 Å². The first-order valence-electron chi connectivity index (χ1n) is 34.1. The van der Waals surface area contributed by atoms with Gasteiger partial charge in [0.1, 0.15) is 55.6 Å². The van der Waals surface area contributed by atoms with Crippen molar-refractivity contribution in [3.8, 4) is 0 Å². The van der Waals surface area contributed by atoms with Crippen LogP contribution in [0.2, 0.25) is 0 Å². The molecule has 2 aliphatic heterocycles. The van der Waals surface area contributed by atoms with Gasteiger partial charge in [-0.25, -0.2) is 24.0 Å². The number of esters is 5. The molecule has 6 aromatic carbocycles. The van der Waals surface area contributed by atoms with E-state index in [0.29, 0.717) is 37.3 Å². The van der Waals surface area contributed by atoms with Crippen molar-refractivity contribution in [1.82, 2.24) is 0 Å². The lowest BCUT2D eigenvalue weighted by molar-refractivity contribution is -0.143. The minimum atomic E-state index is -0.743.